The number of hydrogen-bond donors (Lipinski definition) is 2. The minimum absolute atomic E-state index is 0.382. The molecule has 2 N–H and O–H groups in total. The van der Waals surface area contributed by atoms with E-state index in [-0.39, 0.29) is 0 Å². The second-order valence-electron chi connectivity index (χ2n) is 3.63. The summed E-state index contributed by atoms with van der Waals surface area (Å²) in [6.07, 6.45) is 0.444. The Bertz CT molecular complexity index is 436. The zero-order valence-corrected chi connectivity index (χ0v) is 11.2. The summed E-state index contributed by atoms with van der Waals surface area (Å²) in [7, 11) is 3.01. The fourth-order valence-electron chi connectivity index (χ4n) is 1.49. The average molecular weight is 274 g/mol. The van der Waals surface area contributed by atoms with Gasteiger partial charge in [0.15, 0.2) is 11.5 Å². The van der Waals surface area contributed by atoms with Crippen molar-refractivity contribution in [3.8, 4) is 11.5 Å². The molecule has 0 aliphatic carbocycles. The second-order valence-corrected chi connectivity index (χ2v) is 4.04. The number of carboxylic acids is 1. The molecule has 18 heavy (non-hydrogen) atoms. The van der Waals surface area contributed by atoms with Gasteiger partial charge in [-0.05, 0) is 6.42 Å². The molecule has 1 aromatic carbocycles. The summed E-state index contributed by atoms with van der Waals surface area (Å²) in [5.41, 5.74) is 0.503. The third-order valence-corrected chi connectivity index (χ3v) is 2.82. The minimum Gasteiger partial charge on any atom is -0.493 e. The maximum atomic E-state index is 11.0. The van der Waals surface area contributed by atoms with Crippen LogP contribution in [-0.4, -0.2) is 31.3 Å². The van der Waals surface area contributed by atoms with Gasteiger partial charge in [-0.3, -0.25) is 0 Å². The lowest BCUT2D eigenvalue weighted by Crippen LogP contribution is -2.28. The Labute approximate surface area is 111 Å². The van der Waals surface area contributed by atoms with Crippen LogP contribution in [0.1, 0.15) is 13.3 Å². The predicted octanol–water partition coefficient (Wildman–Crippen LogP) is 2.63. The molecular formula is C12H16ClNO4. The number of carboxylic acid groups (broad SMARTS) is 1. The SMILES string of the molecule is CCC(Nc1cc(OC)c(OC)cc1Cl)C(=O)O. The van der Waals surface area contributed by atoms with Gasteiger partial charge in [-0.2, -0.15) is 0 Å². The normalized spacial score (nSPS) is 11.8. The summed E-state index contributed by atoms with van der Waals surface area (Å²) >= 11 is 6.05. The van der Waals surface area contributed by atoms with Crippen molar-refractivity contribution < 1.29 is 19.4 Å². The van der Waals surface area contributed by atoms with Crippen LogP contribution in [0.3, 0.4) is 0 Å². The topological polar surface area (TPSA) is 67.8 Å². The first-order chi connectivity index (χ1) is 8.53. The van der Waals surface area contributed by atoms with Crippen molar-refractivity contribution in [1.82, 2.24) is 0 Å². The van der Waals surface area contributed by atoms with Crippen LogP contribution in [0.2, 0.25) is 5.02 Å². The number of rotatable bonds is 6. The van der Waals surface area contributed by atoms with E-state index in [4.69, 9.17) is 26.2 Å². The highest BCUT2D eigenvalue weighted by atomic mass is 35.5. The molecule has 0 aliphatic heterocycles. The number of anilines is 1. The molecule has 5 nitrogen and oxygen atoms in total. The molecule has 0 aliphatic rings. The van der Waals surface area contributed by atoms with Crippen LogP contribution < -0.4 is 14.8 Å². The van der Waals surface area contributed by atoms with Crippen LogP contribution in [0.25, 0.3) is 0 Å². The Kier molecular flexibility index (Phi) is 5.09. The van der Waals surface area contributed by atoms with Gasteiger partial charge in [0.2, 0.25) is 0 Å². The van der Waals surface area contributed by atoms with Gasteiger partial charge in [0, 0.05) is 12.1 Å². The molecule has 100 valence electrons. The molecule has 0 aromatic heterocycles. The lowest BCUT2D eigenvalue weighted by atomic mass is 10.2. The van der Waals surface area contributed by atoms with Gasteiger partial charge in [0.05, 0.1) is 24.9 Å². The van der Waals surface area contributed by atoms with Crippen LogP contribution in [0, 0.1) is 0 Å². The number of hydrogen-bond acceptors (Lipinski definition) is 4. The van der Waals surface area contributed by atoms with Crippen LogP contribution in [0.4, 0.5) is 5.69 Å². The Morgan fingerprint density at radius 2 is 1.94 bits per heavy atom. The molecule has 0 spiro atoms. The number of carbonyl (C=O) groups is 1. The van der Waals surface area contributed by atoms with E-state index in [1.165, 1.54) is 14.2 Å². The van der Waals surface area contributed by atoms with E-state index in [0.29, 0.717) is 28.6 Å². The number of nitrogens with one attached hydrogen (secondary N) is 1. The molecule has 0 amide bonds. The average Bonchev–Trinajstić information content (AvgIpc) is 2.36. The maximum Gasteiger partial charge on any atom is 0.326 e. The molecule has 0 bridgehead atoms. The van der Waals surface area contributed by atoms with E-state index in [1.807, 2.05) is 0 Å². The molecule has 0 saturated carbocycles. The van der Waals surface area contributed by atoms with Crippen molar-refractivity contribution in [2.24, 2.45) is 0 Å². The molecule has 1 unspecified atom stereocenters. The Hall–Kier alpha value is -1.62. The maximum absolute atomic E-state index is 11.0. The van der Waals surface area contributed by atoms with Gasteiger partial charge < -0.3 is 19.9 Å². The molecule has 0 radical (unpaired) electrons. The van der Waals surface area contributed by atoms with Crippen LogP contribution in [0.5, 0.6) is 11.5 Å². The first-order valence-electron chi connectivity index (χ1n) is 5.44. The molecule has 6 heteroatoms. The van der Waals surface area contributed by atoms with Crippen molar-refractivity contribution in [2.45, 2.75) is 19.4 Å². The van der Waals surface area contributed by atoms with Crippen molar-refractivity contribution in [3.63, 3.8) is 0 Å². The van der Waals surface area contributed by atoms with Crippen LogP contribution in [-0.2, 0) is 4.79 Å². The van der Waals surface area contributed by atoms with Crippen LogP contribution >= 0.6 is 11.6 Å². The largest absolute Gasteiger partial charge is 0.493 e. The van der Waals surface area contributed by atoms with Crippen molar-refractivity contribution >= 4 is 23.3 Å². The first kappa shape index (κ1) is 14.4. The fraction of sp³-hybridized carbons (Fsp3) is 0.417. The van der Waals surface area contributed by atoms with Crippen LogP contribution in [0.15, 0.2) is 12.1 Å². The Balaban J connectivity index is 3.05. The summed E-state index contributed by atoms with van der Waals surface area (Å²) in [4.78, 5) is 11.0. The zero-order chi connectivity index (χ0) is 13.7. The number of benzene rings is 1. The molecule has 1 atom stereocenters. The standard InChI is InChI=1S/C12H16ClNO4/c1-4-8(12(15)16)14-9-6-11(18-3)10(17-2)5-7(9)13/h5-6,8,14H,4H2,1-3H3,(H,15,16). The fourth-order valence-corrected chi connectivity index (χ4v) is 1.70. The monoisotopic (exact) mass is 273 g/mol. The predicted molar refractivity (Wildman–Crippen MR) is 69.9 cm³/mol. The van der Waals surface area contributed by atoms with E-state index in [0.717, 1.165) is 0 Å². The Morgan fingerprint density at radius 1 is 1.39 bits per heavy atom. The van der Waals surface area contributed by atoms with Crippen molar-refractivity contribution in [1.29, 1.82) is 0 Å². The molecule has 0 saturated heterocycles. The summed E-state index contributed by atoms with van der Waals surface area (Å²) in [5.74, 6) is 0.0596. The third-order valence-electron chi connectivity index (χ3n) is 2.51. The van der Waals surface area contributed by atoms with Crippen molar-refractivity contribution in [3.05, 3.63) is 17.2 Å². The van der Waals surface area contributed by atoms with Gasteiger partial charge in [-0.15, -0.1) is 0 Å². The third kappa shape index (κ3) is 3.20. The number of halogens is 1. The van der Waals surface area contributed by atoms with Gasteiger partial charge in [-0.1, -0.05) is 18.5 Å². The number of aliphatic carboxylic acids is 1. The smallest absolute Gasteiger partial charge is 0.326 e. The Morgan fingerprint density at radius 3 is 2.39 bits per heavy atom. The van der Waals surface area contributed by atoms with Gasteiger partial charge in [-0.25, -0.2) is 4.79 Å². The van der Waals surface area contributed by atoms with Gasteiger partial charge >= 0.3 is 5.97 Å². The summed E-state index contributed by atoms with van der Waals surface area (Å²) in [6.45, 7) is 1.78. The summed E-state index contributed by atoms with van der Waals surface area (Å²) in [5, 5.41) is 12.2. The molecule has 1 aromatic rings. The van der Waals surface area contributed by atoms with Gasteiger partial charge in [0.25, 0.3) is 0 Å². The van der Waals surface area contributed by atoms with E-state index in [1.54, 1.807) is 19.1 Å². The van der Waals surface area contributed by atoms with E-state index in [2.05, 4.69) is 5.32 Å². The minimum atomic E-state index is -0.927. The lowest BCUT2D eigenvalue weighted by molar-refractivity contribution is -0.137. The van der Waals surface area contributed by atoms with E-state index < -0.39 is 12.0 Å². The highest BCUT2D eigenvalue weighted by molar-refractivity contribution is 6.33. The number of methoxy groups -OCH3 is 2. The lowest BCUT2D eigenvalue weighted by Gasteiger charge is -2.17. The number of ether oxygens (including phenoxy) is 2. The first-order valence-corrected chi connectivity index (χ1v) is 5.82. The molecule has 0 fully saturated rings. The van der Waals surface area contributed by atoms with E-state index >= 15 is 0 Å². The second kappa shape index (κ2) is 6.35. The highest BCUT2D eigenvalue weighted by Gasteiger charge is 2.17. The highest BCUT2D eigenvalue weighted by Crippen LogP contribution is 2.36. The van der Waals surface area contributed by atoms with Gasteiger partial charge in [0.1, 0.15) is 6.04 Å². The summed E-state index contributed by atoms with van der Waals surface area (Å²) in [6, 6.07) is 2.50. The quantitative estimate of drug-likeness (QED) is 0.834. The zero-order valence-electron chi connectivity index (χ0n) is 10.5. The molecule has 1 rings (SSSR count). The van der Waals surface area contributed by atoms with E-state index in [9.17, 15) is 4.79 Å². The molecular weight excluding hydrogens is 258 g/mol. The summed E-state index contributed by atoms with van der Waals surface area (Å²) < 4.78 is 10.2. The molecule has 0 heterocycles. The van der Waals surface area contributed by atoms with Crippen molar-refractivity contribution in [2.75, 3.05) is 19.5 Å².